The van der Waals surface area contributed by atoms with Gasteiger partial charge in [0.05, 0.1) is 11.8 Å². The summed E-state index contributed by atoms with van der Waals surface area (Å²) in [5.41, 5.74) is 4.64. The van der Waals surface area contributed by atoms with E-state index < -0.39 is 12.0 Å². The van der Waals surface area contributed by atoms with Crippen molar-refractivity contribution < 1.29 is 19.0 Å². The molecule has 0 saturated carbocycles. The molecular formula is C37H51FN4O3. The Morgan fingerprint density at radius 3 is 2.40 bits per heavy atom. The van der Waals surface area contributed by atoms with E-state index in [1.807, 2.05) is 39.0 Å². The third kappa shape index (κ3) is 8.14. The molecule has 244 valence electrons. The molecule has 2 saturated heterocycles. The van der Waals surface area contributed by atoms with Gasteiger partial charge >= 0.3 is 5.97 Å². The van der Waals surface area contributed by atoms with Gasteiger partial charge in [-0.15, -0.1) is 0 Å². The number of nitrogens with zero attached hydrogens (tertiary/aromatic N) is 4. The van der Waals surface area contributed by atoms with Crippen molar-refractivity contribution in [1.82, 2.24) is 19.6 Å². The smallest absolute Gasteiger partial charge is 0.321 e. The number of carboxylic acid groups (broad SMARTS) is 1. The molecule has 8 heteroatoms. The summed E-state index contributed by atoms with van der Waals surface area (Å²) in [6, 6.07) is 17.0. The summed E-state index contributed by atoms with van der Waals surface area (Å²) in [6.45, 7) is 15.4. The van der Waals surface area contributed by atoms with E-state index in [1.165, 1.54) is 17.3 Å². The van der Waals surface area contributed by atoms with Gasteiger partial charge in [0, 0.05) is 50.1 Å². The molecule has 45 heavy (non-hydrogen) atoms. The first-order valence-corrected chi connectivity index (χ1v) is 16.9. The highest BCUT2D eigenvalue weighted by Gasteiger charge is 2.42. The van der Waals surface area contributed by atoms with E-state index in [9.17, 15) is 14.3 Å². The van der Waals surface area contributed by atoms with Gasteiger partial charge in [-0.1, -0.05) is 44.5 Å². The lowest BCUT2D eigenvalue weighted by molar-refractivity contribution is -0.145. The Balaban J connectivity index is 1.24. The summed E-state index contributed by atoms with van der Waals surface area (Å²) < 4.78 is 22.3. The van der Waals surface area contributed by atoms with Crippen LogP contribution in [0.2, 0.25) is 0 Å². The number of carboxylic acids is 1. The zero-order valence-electron chi connectivity index (χ0n) is 27.7. The zero-order valence-corrected chi connectivity index (χ0v) is 27.7. The molecular weight excluding hydrogens is 567 g/mol. The average Bonchev–Trinajstić information content (AvgIpc) is 3.62. The number of benzene rings is 2. The lowest BCUT2D eigenvalue weighted by Gasteiger charge is -2.35. The van der Waals surface area contributed by atoms with Gasteiger partial charge in [0.1, 0.15) is 17.6 Å². The minimum atomic E-state index is -0.757. The number of halogens is 1. The van der Waals surface area contributed by atoms with Crippen LogP contribution in [-0.2, 0) is 17.8 Å². The molecule has 4 atom stereocenters. The van der Waals surface area contributed by atoms with Crippen LogP contribution >= 0.6 is 0 Å². The molecule has 0 amide bonds. The summed E-state index contributed by atoms with van der Waals surface area (Å²) in [4.78, 5) is 17.0. The molecule has 0 unspecified atom stereocenters. The third-order valence-electron chi connectivity index (χ3n) is 9.92. The van der Waals surface area contributed by atoms with Crippen molar-refractivity contribution in [3.05, 3.63) is 82.9 Å². The topological polar surface area (TPSA) is 70.8 Å². The highest BCUT2D eigenvalue weighted by molar-refractivity contribution is 5.74. The molecule has 1 N–H and O–H groups in total. The monoisotopic (exact) mass is 618 g/mol. The molecule has 3 heterocycles. The van der Waals surface area contributed by atoms with Gasteiger partial charge in [-0.2, -0.15) is 5.10 Å². The standard InChI is InChI=1S/C37H51FN4O3/c1-6-26(5)36(37(43)44)41-23-30(34(24-41)29-9-8-10-31(38)20-29)22-40-17-15-28(16-18-40)35-21-32(39-42(35)7-2)19-27-11-13-33(14-12-27)45-25(3)4/h8-14,20-21,25-26,28,30,34,36H,6-7,15-19,22-24H2,1-5H3,(H,43,44)/t26-,30-,34+,36+/m0/s1. The number of rotatable bonds is 13. The fraction of sp³-hybridized carbons (Fsp3) is 0.568. The number of carbonyl (C=O) groups is 1. The minimum absolute atomic E-state index is 0.0525. The van der Waals surface area contributed by atoms with Gasteiger partial charge in [-0.05, 0) is 100.0 Å². The molecule has 2 aromatic carbocycles. The third-order valence-corrected chi connectivity index (χ3v) is 9.92. The molecule has 0 bridgehead atoms. The maximum atomic E-state index is 14.3. The Kier molecular flexibility index (Phi) is 11.0. The van der Waals surface area contributed by atoms with Gasteiger partial charge in [0.2, 0.25) is 0 Å². The average molecular weight is 619 g/mol. The maximum Gasteiger partial charge on any atom is 0.321 e. The second kappa shape index (κ2) is 14.9. The van der Waals surface area contributed by atoms with Crippen molar-refractivity contribution >= 4 is 5.97 Å². The number of hydrogen-bond acceptors (Lipinski definition) is 5. The molecule has 1 aromatic heterocycles. The number of aliphatic carboxylic acids is 1. The van der Waals surface area contributed by atoms with Crippen molar-refractivity contribution in [2.24, 2.45) is 11.8 Å². The lowest BCUT2D eigenvalue weighted by atomic mass is 9.87. The van der Waals surface area contributed by atoms with Crippen molar-refractivity contribution in [3.8, 4) is 5.75 Å². The van der Waals surface area contributed by atoms with E-state index in [4.69, 9.17) is 9.84 Å². The molecule has 3 aromatic rings. The van der Waals surface area contributed by atoms with Gasteiger partial charge in [0.15, 0.2) is 0 Å². The van der Waals surface area contributed by atoms with Gasteiger partial charge in [0.25, 0.3) is 0 Å². The number of ether oxygens (including phenoxy) is 1. The molecule has 7 nitrogen and oxygen atoms in total. The number of aromatic nitrogens is 2. The van der Waals surface area contributed by atoms with E-state index >= 15 is 0 Å². The van der Waals surface area contributed by atoms with Crippen LogP contribution in [0.3, 0.4) is 0 Å². The van der Waals surface area contributed by atoms with Crippen LogP contribution in [0.5, 0.6) is 5.75 Å². The quantitative estimate of drug-likeness (QED) is 0.227. The lowest BCUT2D eigenvalue weighted by Crippen LogP contribution is -2.45. The maximum absolute atomic E-state index is 14.3. The van der Waals surface area contributed by atoms with E-state index in [1.54, 1.807) is 12.1 Å². The normalized spacial score (nSPS) is 21.3. The van der Waals surface area contributed by atoms with Gasteiger partial charge in [-0.25, -0.2) is 4.39 Å². The van der Waals surface area contributed by atoms with E-state index in [0.717, 1.165) is 75.4 Å². The Morgan fingerprint density at radius 1 is 1.04 bits per heavy atom. The molecule has 2 aliphatic heterocycles. The van der Waals surface area contributed by atoms with Crippen LogP contribution in [0.1, 0.15) is 88.2 Å². The number of aryl methyl sites for hydroxylation is 1. The SMILES string of the molecule is CC[C@H](C)[C@H](C(=O)O)N1C[C@H](CN2CCC(c3cc(Cc4ccc(OC(C)C)cc4)nn3CC)CC2)[C@@H](c2cccc(F)c2)C1. The highest BCUT2D eigenvalue weighted by Crippen LogP contribution is 2.38. The van der Waals surface area contributed by atoms with E-state index in [-0.39, 0.29) is 29.7 Å². The van der Waals surface area contributed by atoms with Crippen molar-refractivity contribution in [3.63, 3.8) is 0 Å². The first-order valence-electron chi connectivity index (χ1n) is 16.9. The fourth-order valence-corrected chi connectivity index (χ4v) is 7.48. The summed E-state index contributed by atoms with van der Waals surface area (Å²) in [5, 5.41) is 15.1. The molecule has 0 spiro atoms. The molecule has 2 fully saturated rings. The second-order valence-corrected chi connectivity index (χ2v) is 13.5. The summed E-state index contributed by atoms with van der Waals surface area (Å²) in [7, 11) is 0. The minimum Gasteiger partial charge on any atom is -0.491 e. The molecule has 5 rings (SSSR count). The summed E-state index contributed by atoms with van der Waals surface area (Å²) in [6.07, 6.45) is 3.91. The van der Waals surface area contributed by atoms with Crippen LogP contribution < -0.4 is 4.74 Å². The first kappa shape index (κ1) is 33.1. The number of hydrogen-bond donors (Lipinski definition) is 1. The van der Waals surface area contributed by atoms with Crippen LogP contribution in [0.4, 0.5) is 4.39 Å². The van der Waals surface area contributed by atoms with E-state index in [2.05, 4.69) is 46.5 Å². The van der Waals surface area contributed by atoms with Crippen molar-refractivity contribution in [1.29, 1.82) is 0 Å². The van der Waals surface area contributed by atoms with Crippen LogP contribution in [-0.4, -0.2) is 75.5 Å². The predicted molar refractivity (Wildman–Crippen MR) is 176 cm³/mol. The Bertz CT molecular complexity index is 1400. The Hall–Kier alpha value is -3.23. The summed E-state index contributed by atoms with van der Waals surface area (Å²) in [5.74, 6) is 0.782. The Morgan fingerprint density at radius 2 is 1.78 bits per heavy atom. The first-order chi connectivity index (χ1) is 21.6. The van der Waals surface area contributed by atoms with Crippen LogP contribution in [0.25, 0.3) is 0 Å². The highest BCUT2D eigenvalue weighted by atomic mass is 19.1. The van der Waals surface area contributed by atoms with Crippen LogP contribution in [0, 0.1) is 17.7 Å². The molecule has 2 aliphatic rings. The largest absolute Gasteiger partial charge is 0.491 e. The summed E-state index contributed by atoms with van der Waals surface area (Å²) >= 11 is 0. The molecule has 0 aliphatic carbocycles. The number of likely N-dealkylation sites (tertiary alicyclic amines) is 2. The van der Waals surface area contributed by atoms with Crippen LogP contribution in [0.15, 0.2) is 54.6 Å². The number of piperidine rings is 1. The van der Waals surface area contributed by atoms with E-state index in [0.29, 0.717) is 12.5 Å². The van der Waals surface area contributed by atoms with Crippen molar-refractivity contribution in [2.75, 3.05) is 32.7 Å². The molecule has 0 radical (unpaired) electrons. The van der Waals surface area contributed by atoms with Gasteiger partial charge in [-0.3, -0.25) is 14.4 Å². The fourth-order valence-electron chi connectivity index (χ4n) is 7.48. The zero-order chi connectivity index (χ0) is 32.1. The van der Waals surface area contributed by atoms with Gasteiger partial charge < -0.3 is 14.7 Å². The van der Waals surface area contributed by atoms with Crippen molar-refractivity contribution in [2.45, 2.75) is 90.8 Å². The second-order valence-electron chi connectivity index (χ2n) is 13.5. The predicted octanol–water partition coefficient (Wildman–Crippen LogP) is 6.81. The Labute approximate surface area is 268 Å².